The van der Waals surface area contributed by atoms with Crippen LogP contribution >= 0.6 is 0 Å². The molecule has 3 nitrogen and oxygen atoms in total. The first kappa shape index (κ1) is 12.5. The number of likely N-dealkylation sites (N-methyl/N-ethyl adjacent to an activating group) is 1. The molecule has 0 aliphatic rings. The fraction of sp³-hybridized carbons (Fsp3) is 0.308. The Hall–Kier alpha value is -1.61. The van der Waals surface area contributed by atoms with Gasteiger partial charge in [0.1, 0.15) is 0 Å². The maximum atomic E-state index is 10.5. The minimum atomic E-state index is -0.926. The van der Waals surface area contributed by atoms with E-state index in [1.807, 2.05) is 33.0 Å². The Morgan fingerprint density at radius 3 is 2.62 bits per heavy atom. The van der Waals surface area contributed by atoms with Crippen LogP contribution in [0.1, 0.15) is 22.7 Å². The number of nitrogens with one attached hydrogen (secondary N) is 1. The highest BCUT2D eigenvalue weighted by atomic mass is 16.4. The smallest absolute Gasteiger partial charge is 0.328 e. The number of aliphatic carboxylic acids is 1. The fourth-order valence-electron chi connectivity index (χ4n) is 1.71. The molecule has 2 N–H and O–H groups in total. The van der Waals surface area contributed by atoms with Crippen molar-refractivity contribution in [3.8, 4) is 0 Å². The Kier molecular flexibility index (Phi) is 4.26. The predicted molar refractivity (Wildman–Crippen MR) is 64.5 cm³/mol. The van der Waals surface area contributed by atoms with Crippen LogP contribution in [0, 0.1) is 13.8 Å². The molecule has 0 aliphatic heterocycles. The van der Waals surface area contributed by atoms with E-state index in [0.29, 0.717) is 0 Å². The van der Waals surface area contributed by atoms with Crippen LogP contribution in [0.4, 0.5) is 0 Å². The minimum Gasteiger partial charge on any atom is -0.478 e. The van der Waals surface area contributed by atoms with Gasteiger partial charge in [-0.1, -0.05) is 29.8 Å². The molecule has 3 heteroatoms. The average Bonchev–Trinajstić information content (AvgIpc) is 2.21. The van der Waals surface area contributed by atoms with Gasteiger partial charge in [0.05, 0.1) is 6.04 Å². The predicted octanol–water partition coefficient (Wildman–Crippen LogP) is 2.20. The molecule has 0 aromatic heterocycles. The van der Waals surface area contributed by atoms with E-state index >= 15 is 0 Å². The molecule has 0 saturated carbocycles. The van der Waals surface area contributed by atoms with Crippen LogP contribution in [0.5, 0.6) is 0 Å². The maximum absolute atomic E-state index is 10.5. The number of carboxylic acid groups (broad SMARTS) is 1. The molecule has 0 aliphatic carbocycles. The monoisotopic (exact) mass is 219 g/mol. The molecule has 0 fully saturated rings. The Balaban J connectivity index is 2.99. The normalized spacial score (nSPS) is 12.9. The molecule has 0 amide bonds. The molecule has 0 spiro atoms. The third kappa shape index (κ3) is 3.21. The summed E-state index contributed by atoms with van der Waals surface area (Å²) in [6, 6.07) is 6.09. The average molecular weight is 219 g/mol. The summed E-state index contributed by atoms with van der Waals surface area (Å²) in [6.07, 6.45) is 2.82. The summed E-state index contributed by atoms with van der Waals surface area (Å²) in [5.41, 5.74) is 3.47. The van der Waals surface area contributed by atoms with Gasteiger partial charge in [0.2, 0.25) is 0 Å². The second-order valence-corrected chi connectivity index (χ2v) is 3.82. The second kappa shape index (κ2) is 5.47. The zero-order chi connectivity index (χ0) is 12.1. The first-order valence-corrected chi connectivity index (χ1v) is 5.20. The second-order valence-electron chi connectivity index (χ2n) is 3.82. The van der Waals surface area contributed by atoms with E-state index in [-0.39, 0.29) is 6.04 Å². The van der Waals surface area contributed by atoms with Crippen molar-refractivity contribution >= 4 is 5.97 Å². The number of carbonyl (C=O) groups is 1. The highest BCUT2D eigenvalue weighted by molar-refractivity contribution is 5.79. The molecule has 1 aromatic carbocycles. The molecule has 0 saturated heterocycles. The molecule has 1 aromatic rings. The summed E-state index contributed by atoms with van der Waals surface area (Å²) in [5, 5.41) is 11.7. The van der Waals surface area contributed by atoms with Crippen molar-refractivity contribution in [2.75, 3.05) is 7.05 Å². The van der Waals surface area contributed by atoms with E-state index in [0.717, 1.165) is 11.1 Å². The molecule has 16 heavy (non-hydrogen) atoms. The third-order valence-electron chi connectivity index (χ3n) is 2.50. The SMILES string of the molecule is CNC(/C=C/C(=O)O)c1ccc(C)cc1C. The number of benzene rings is 1. The molecule has 0 heterocycles. The Morgan fingerprint density at radius 1 is 1.44 bits per heavy atom. The van der Waals surface area contributed by atoms with Crippen LogP contribution in [0.3, 0.4) is 0 Å². The Labute approximate surface area is 95.8 Å². The lowest BCUT2D eigenvalue weighted by atomic mass is 9.99. The number of carboxylic acids is 1. The number of rotatable bonds is 4. The summed E-state index contributed by atoms with van der Waals surface area (Å²) in [4.78, 5) is 10.5. The standard InChI is InChI=1S/C13H17NO2/c1-9-4-5-11(10(2)8-9)12(14-3)6-7-13(15)16/h4-8,12,14H,1-3H3,(H,15,16)/b7-6+. The van der Waals surface area contributed by atoms with E-state index in [4.69, 9.17) is 5.11 Å². The van der Waals surface area contributed by atoms with E-state index < -0.39 is 5.97 Å². The Morgan fingerprint density at radius 2 is 2.12 bits per heavy atom. The lowest BCUT2D eigenvalue weighted by Crippen LogP contribution is -2.15. The van der Waals surface area contributed by atoms with Crippen molar-refractivity contribution in [2.45, 2.75) is 19.9 Å². The molecule has 0 bridgehead atoms. The van der Waals surface area contributed by atoms with Crippen LogP contribution < -0.4 is 5.32 Å². The highest BCUT2D eigenvalue weighted by Crippen LogP contribution is 2.19. The number of hydrogen-bond donors (Lipinski definition) is 2. The molecule has 1 rings (SSSR count). The van der Waals surface area contributed by atoms with E-state index in [1.165, 1.54) is 11.6 Å². The molecular weight excluding hydrogens is 202 g/mol. The van der Waals surface area contributed by atoms with Gasteiger partial charge in [-0.2, -0.15) is 0 Å². The molecule has 0 radical (unpaired) electrons. The summed E-state index contributed by atoms with van der Waals surface area (Å²) >= 11 is 0. The largest absolute Gasteiger partial charge is 0.478 e. The van der Waals surface area contributed by atoms with Gasteiger partial charge in [0.15, 0.2) is 0 Å². The van der Waals surface area contributed by atoms with Crippen LogP contribution in [-0.2, 0) is 4.79 Å². The topological polar surface area (TPSA) is 49.3 Å². The Bertz CT molecular complexity index is 410. The van der Waals surface area contributed by atoms with Gasteiger partial charge >= 0.3 is 5.97 Å². The van der Waals surface area contributed by atoms with Gasteiger partial charge in [-0.05, 0) is 32.0 Å². The van der Waals surface area contributed by atoms with E-state index in [9.17, 15) is 4.79 Å². The maximum Gasteiger partial charge on any atom is 0.328 e. The van der Waals surface area contributed by atoms with Crippen molar-refractivity contribution in [1.29, 1.82) is 0 Å². The van der Waals surface area contributed by atoms with Crippen LogP contribution in [-0.4, -0.2) is 18.1 Å². The quantitative estimate of drug-likeness (QED) is 0.763. The fourth-order valence-corrected chi connectivity index (χ4v) is 1.71. The van der Waals surface area contributed by atoms with Crippen molar-refractivity contribution in [3.05, 3.63) is 47.0 Å². The van der Waals surface area contributed by atoms with Gasteiger partial charge in [-0.25, -0.2) is 4.79 Å². The van der Waals surface area contributed by atoms with Gasteiger partial charge in [-0.3, -0.25) is 0 Å². The first-order valence-electron chi connectivity index (χ1n) is 5.20. The number of hydrogen-bond acceptors (Lipinski definition) is 2. The van der Waals surface area contributed by atoms with Gasteiger partial charge in [0, 0.05) is 6.08 Å². The summed E-state index contributed by atoms with van der Waals surface area (Å²) in [7, 11) is 1.82. The molecule has 1 unspecified atom stereocenters. The van der Waals surface area contributed by atoms with E-state index in [2.05, 4.69) is 11.4 Å². The van der Waals surface area contributed by atoms with Crippen molar-refractivity contribution in [2.24, 2.45) is 0 Å². The van der Waals surface area contributed by atoms with Crippen LogP contribution in [0.2, 0.25) is 0 Å². The van der Waals surface area contributed by atoms with Gasteiger partial charge < -0.3 is 10.4 Å². The van der Waals surface area contributed by atoms with Gasteiger partial charge in [-0.15, -0.1) is 0 Å². The summed E-state index contributed by atoms with van der Waals surface area (Å²) in [5.74, 6) is -0.926. The molecule has 86 valence electrons. The van der Waals surface area contributed by atoms with Crippen LogP contribution in [0.25, 0.3) is 0 Å². The summed E-state index contributed by atoms with van der Waals surface area (Å²) in [6.45, 7) is 4.07. The molecule has 1 atom stereocenters. The third-order valence-corrected chi connectivity index (χ3v) is 2.50. The van der Waals surface area contributed by atoms with Crippen molar-refractivity contribution in [1.82, 2.24) is 5.32 Å². The summed E-state index contributed by atoms with van der Waals surface area (Å²) < 4.78 is 0. The minimum absolute atomic E-state index is 0.0586. The first-order chi connectivity index (χ1) is 7.54. The zero-order valence-electron chi connectivity index (χ0n) is 9.82. The van der Waals surface area contributed by atoms with Crippen molar-refractivity contribution < 1.29 is 9.90 Å². The lowest BCUT2D eigenvalue weighted by molar-refractivity contribution is -0.131. The van der Waals surface area contributed by atoms with Gasteiger partial charge in [0.25, 0.3) is 0 Å². The lowest BCUT2D eigenvalue weighted by Gasteiger charge is -2.15. The van der Waals surface area contributed by atoms with Crippen molar-refractivity contribution in [3.63, 3.8) is 0 Å². The zero-order valence-corrected chi connectivity index (χ0v) is 9.82. The van der Waals surface area contributed by atoms with E-state index in [1.54, 1.807) is 6.08 Å². The number of aryl methyl sites for hydroxylation is 2. The van der Waals surface area contributed by atoms with Crippen LogP contribution in [0.15, 0.2) is 30.4 Å². The molecular formula is C13H17NO2. The highest BCUT2D eigenvalue weighted by Gasteiger charge is 2.08.